The van der Waals surface area contributed by atoms with E-state index in [9.17, 15) is 14.3 Å². The van der Waals surface area contributed by atoms with E-state index in [2.05, 4.69) is 69.9 Å². The van der Waals surface area contributed by atoms with Crippen LogP contribution in [0.1, 0.15) is 75.0 Å². The Balaban J connectivity index is 1.06. The topological polar surface area (TPSA) is 61.6 Å². The van der Waals surface area contributed by atoms with Gasteiger partial charge in [-0.3, -0.25) is 14.4 Å². The zero-order valence-electron chi connectivity index (χ0n) is 27.0. The average molecular weight is 623 g/mol. The highest BCUT2D eigenvalue weighted by Crippen LogP contribution is 2.40. The number of fused-ring (bicyclic) bond motifs is 1. The number of rotatable bonds is 9. The Morgan fingerprint density at radius 1 is 0.935 bits per heavy atom. The minimum absolute atomic E-state index is 0.128. The van der Waals surface area contributed by atoms with Crippen LogP contribution in [0.25, 0.3) is 22.0 Å². The van der Waals surface area contributed by atoms with Crippen LogP contribution in [0.4, 0.5) is 4.39 Å². The third-order valence-electron chi connectivity index (χ3n) is 11.2. The second-order valence-corrected chi connectivity index (χ2v) is 13.9. The Kier molecular flexibility index (Phi) is 9.23. The van der Waals surface area contributed by atoms with Gasteiger partial charge in [0, 0.05) is 49.3 Å². The number of aryl methyl sites for hydroxylation is 1. The molecule has 2 aliphatic heterocycles. The first-order chi connectivity index (χ1) is 22.5. The van der Waals surface area contributed by atoms with Crippen LogP contribution in [0, 0.1) is 17.7 Å². The van der Waals surface area contributed by atoms with Crippen molar-refractivity contribution in [2.75, 3.05) is 32.7 Å². The van der Waals surface area contributed by atoms with Crippen LogP contribution in [0.5, 0.6) is 0 Å². The van der Waals surface area contributed by atoms with Gasteiger partial charge >= 0.3 is 5.97 Å². The van der Waals surface area contributed by atoms with Crippen LogP contribution in [-0.2, 0) is 11.3 Å². The smallest absolute Gasteiger partial charge is 0.321 e. The van der Waals surface area contributed by atoms with Gasteiger partial charge < -0.3 is 10.0 Å². The molecule has 1 N–H and O–H groups in total. The Morgan fingerprint density at radius 3 is 2.46 bits per heavy atom. The van der Waals surface area contributed by atoms with Crippen LogP contribution in [0.2, 0.25) is 0 Å². The van der Waals surface area contributed by atoms with E-state index < -0.39 is 12.0 Å². The zero-order valence-corrected chi connectivity index (χ0v) is 27.0. The molecule has 1 unspecified atom stereocenters. The minimum atomic E-state index is -0.693. The molecule has 3 atom stereocenters. The summed E-state index contributed by atoms with van der Waals surface area (Å²) in [6, 6.07) is 23.9. The quantitative estimate of drug-likeness (QED) is 0.207. The van der Waals surface area contributed by atoms with Gasteiger partial charge in [0.2, 0.25) is 0 Å². The van der Waals surface area contributed by atoms with Crippen molar-refractivity contribution < 1.29 is 14.3 Å². The predicted molar refractivity (Wildman–Crippen MR) is 181 cm³/mol. The van der Waals surface area contributed by atoms with Gasteiger partial charge in [0.05, 0.1) is 5.69 Å². The standard InChI is InChI=1S/C39H47FN4O2/c1-2-44-37(23-36(41-44)34-17-9-13-27-10-6-7-16-33(27)34)28-18-20-42(21-19-28)24-31-25-43(26-35(31)30-14-8-15-32(40)22-30)38(39(45)46)29-11-4-3-5-12-29/h6-10,13-17,22-23,28-29,31,35,38H,2-5,11-12,18-21,24-26H2,1H3,(H,45,46)/t31-,35?,38+/m0/s1. The molecule has 6 nitrogen and oxygen atoms in total. The highest BCUT2D eigenvalue weighted by atomic mass is 19.1. The predicted octanol–water partition coefficient (Wildman–Crippen LogP) is 7.79. The van der Waals surface area contributed by atoms with Gasteiger partial charge in [0.15, 0.2) is 0 Å². The summed E-state index contributed by atoms with van der Waals surface area (Å²) in [5.74, 6) is 0.145. The van der Waals surface area contributed by atoms with Crippen LogP contribution in [-0.4, -0.2) is 69.4 Å². The zero-order chi connectivity index (χ0) is 31.6. The van der Waals surface area contributed by atoms with E-state index in [1.54, 1.807) is 12.1 Å². The lowest BCUT2D eigenvalue weighted by Gasteiger charge is -2.35. The Hall–Kier alpha value is -3.55. The summed E-state index contributed by atoms with van der Waals surface area (Å²) in [6.07, 6.45) is 7.57. The molecule has 0 amide bonds. The molecular formula is C39H47FN4O2. The van der Waals surface area contributed by atoms with Crippen molar-refractivity contribution in [1.82, 2.24) is 19.6 Å². The second kappa shape index (κ2) is 13.7. The molecule has 46 heavy (non-hydrogen) atoms. The van der Waals surface area contributed by atoms with E-state index in [0.29, 0.717) is 12.5 Å². The number of benzene rings is 3. The van der Waals surface area contributed by atoms with Crippen molar-refractivity contribution in [3.05, 3.63) is 89.9 Å². The molecule has 0 radical (unpaired) electrons. The van der Waals surface area contributed by atoms with Crippen LogP contribution in [0.3, 0.4) is 0 Å². The summed E-state index contributed by atoms with van der Waals surface area (Å²) < 4.78 is 16.6. The molecule has 3 heterocycles. The van der Waals surface area contributed by atoms with Crippen LogP contribution in [0.15, 0.2) is 72.8 Å². The number of aliphatic carboxylic acids is 1. The molecule has 3 aliphatic rings. The largest absolute Gasteiger partial charge is 0.480 e. The van der Waals surface area contributed by atoms with Gasteiger partial charge in [-0.2, -0.15) is 5.10 Å². The van der Waals surface area contributed by atoms with Gasteiger partial charge in [-0.15, -0.1) is 0 Å². The SMILES string of the molecule is CCn1nc(-c2cccc3ccccc23)cc1C1CCN(C[C@H]2CN([C@@H](C(=O)O)C3CCCCC3)CC2c2cccc(F)c2)CC1. The average Bonchev–Trinajstić information content (AvgIpc) is 3.70. The van der Waals surface area contributed by atoms with E-state index in [4.69, 9.17) is 5.10 Å². The maximum absolute atomic E-state index is 14.4. The molecule has 0 bridgehead atoms. The maximum atomic E-state index is 14.4. The molecule has 3 aromatic carbocycles. The van der Waals surface area contributed by atoms with E-state index in [1.165, 1.54) is 34.5 Å². The summed E-state index contributed by atoms with van der Waals surface area (Å²) in [4.78, 5) is 17.5. The lowest BCUT2D eigenvalue weighted by atomic mass is 9.83. The lowest BCUT2D eigenvalue weighted by molar-refractivity contribution is -0.145. The highest BCUT2D eigenvalue weighted by Gasteiger charge is 2.43. The van der Waals surface area contributed by atoms with Gasteiger partial charge in [-0.25, -0.2) is 4.39 Å². The molecule has 1 saturated carbocycles. The molecule has 242 valence electrons. The third-order valence-corrected chi connectivity index (χ3v) is 11.2. The van der Waals surface area contributed by atoms with Gasteiger partial charge in [0.25, 0.3) is 0 Å². The summed E-state index contributed by atoms with van der Waals surface area (Å²) in [5.41, 5.74) is 4.56. The molecular weight excluding hydrogens is 575 g/mol. The Labute approximate surface area is 272 Å². The summed E-state index contributed by atoms with van der Waals surface area (Å²) >= 11 is 0. The molecule has 3 fully saturated rings. The fourth-order valence-electron chi connectivity index (χ4n) is 8.87. The van der Waals surface area contributed by atoms with E-state index in [0.717, 1.165) is 82.5 Å². The van der Waals surface area contributed by atoms with Crippen molar-refractivity contribution in [3.63, 3.8) is 0 Å². The number of carboxylic acids is 1. The summed E-state index contributed by atoms with van der Waals surface area (Å²) in [7, 11) is 0. The van der Waals surface area contributed by atoms with Crippen molar-refractivity contribution >= 4 is 16.7 Å². The third kappa shape index (κ3) is 6.37. The number of hydrogen-bond donors (Lipinski definition) is 1. The number of likely N-dealkylation sites (tertiary alicyclic amines) is 2. The first kappa shape index (κ1) is 31.1. The van der Waals surface area contributed by atoms with E-state index in [1.807, 2.05) is 6.07 Å². The molecule has 1 aromatic heterocycles. The van der Waals surface area contributed by atoms with E-state index >= 15 is 0 Å². The minimum Gasteiger partial charge on any atom is -0.480 e. The van der Waals surface area contributed by atoms with Crippen molar-refractivity contribution in [2.45, 2.75) is 76.3 Å². The van der Waals surface area contributed by atoms with Gasteiger partial charge in [-0.1, -0.05) is 73.9 Å². The van der Waals surface area contributed by atoms with Crippen LogP contribution >= 0.6 is 0 Å². The number of carbonyl (C=O) groups is 1. The van der Waals surface area contributed by atoms with Gasteiger partial charge in [0.1, 0.15) is 11.9 Å². The Bertz CT molecular complexity index is 1650. The molecule has 4 aromatic rings. The number of piperidine rings is 1. The number of aromatic nitrogens is 2. The lowest BCUT2D eigenvalue weighted by Crippen LogP contribution is -2.46. The van der Waals surface area contributed by atoms with Crippen LogP contribution < -0.4 is 0 Å². The highest BCUT2D eigenvalue weighted by molar-refractivity contribution is 5.95. The molecule has 0 spiro atoms. The summed E-state index contributed by atoms with van der Waals surface area (Å²) in [5, 5.41) is 17.9. The monoisotopic (exact) mass is 622 g/mol. The fourth-order valence-corrected chi connectivity index (χ4v) is 8.87. The molecule has 7 heteroatoms. The van der Waals surface area contributed by atoms with E-state index in [-0.39, 0.29) is 23.6 Å². The molecule has 2 saturated heterocycles. The van der Waals surface area contributed by atoms with Crippen molar-refractivity contribution in [3.8, 4) is 11.3 Å². The summed E-state index contributed by atoms with van der Waals surface area (Å²) in [6.45, 7) is 7.38. The fraction of sp³-hybridized carbons (Fsp3) is 0.487. The molecule has 1 aliphatic carbocycles. The Morgan fingerprint density at radius 2 is 1.70 bits per heavy atom. The second-order valence-electron chi connectivity index (χ2n) is 13.9. The van der Waals surface area contributed by atoms with Crippen molar-refractivity contribution in [1.29, 1.82) is 0 Å². The number of halogens is 1. The van der Waals surface area contributed by atoms with Crippen molar-refractivity contribution in [2.24, 2.45) is 11.8 Å². The number of nitrogens with zero attached hydrogens (tertiary/aromatic N) is 4. The first-order valence-corrected chi connectivity index (χ1v) is 17.5. The maximum Gasteiger partial charge on any atom is 0.321 e. The van der Waals surface area contributed by atoms with Gasteiger partial charge in [-0.05, 0) is 92.1 Å². The molecule has 7 rings (SSSR count). The number of hydrogen-bond acceptors (Lipinski definition) is 4. The first-order valence-electron chi connectivity index (χ1n) is 17.5. The normalized spacial score (nSPS) is 22.8. The number of carboxylic acid groups (broad SMARTS) is 1.